The smallest absolute Gasteiger partial charge is 0.274 e. The molecule has 1 heterocycles. The van der Waals surface area contributed by atoms with Crippen LogP contribution in [0.1, 0.15) is 62.9 Å². The van der Waals surface area contributed by atoms with E-state index in [1.165, 1.54) is 12.4 Å². The summed E-state index contributed by atoms with van der Waals surface area (Å²) in [6.45, 7) is 5.88. The standard InChI is InChI=1S/C15H24ClN3O/c1-3-5-7-9-19(10-8-6-4-2)15(20)13-11-17-12-14(16)18-13/h11-12H,3-10H2,1-2H3. The van der Waals surface area contributed by atoms with Crippen LogP contribution in [0.5, 0.6) is 0 Å². The molecule has 0 unspecified atom stereocenters. The summed E-state index contributed by atoms with van der Waals surface area (Å²) in [5, 5.41) is 0.262. The number of aromatic nitrogens is 2. The van der Waals surface area contributed by atoms with E-state index in [0.717, 1.165) is 51.6 Å². The molecule has 112 valence electrons. The van der Waals surface area contributed by atoms with Crippen LogP contribution in [0.2, 0.25) is 5.15 Å². The van der Waals surface area contributed by atoms with Gasteiger partial charge in [-0.15, -0.1) is 0 Å². The molecular weight excluding hydrogens is 274 g/mol. The van der Waals surface area contributed by atoms with Crippen molar-refractivity contribution in [2.75, 3.05) is 13.1 Å². The lowest BCUT2D eigenvalue weighted by Crippen LogP contribution is -2.33. The first-order chi connectivity index (χ1) is 9.69. The topological polar surface area (TPSA) is 46.1 Å². The van der Waals surface area contributed by atoms with Gasteiger partial charge in [0.1, 0.15) is 10.8 Å². The fraction of sp³-hybridized carbons (Fsp3) is 0.667. The molecule has 1 aromatic heterocycles. The van der Waals surface area contributed by atoms with Crippen LogP contribution in [-0.2, 0) is 0 Å². The number of rotatable bonds is 9. The average molecular weight is 298 g/mol. The Hall–Kier alpha value is -1.16. The number of unbranched alkanes of at least 4 members (excludes halogenated alkanes) is 4. The lowest BCUT2D eigenvalue weighted by molar-refractivity contribution is 0.0743. The zero-order valence-electron chi connectivity index (χ0n) is 12.4. The van der Waals surface area contributed by atoms with Crippen LogP contribution >= 0.6 is 11.6 Å². The maximum Gasteiger partial charge on any atom is 0.274 e. The van der Waals surface area contributed by atoms with Crippen molar-refractivity contribution in [1.82, 2.24) is 14.9 Å². The molecule has 0 N–H and O–H groups in total. The molecule has 0 aromatic carbocycles. The van der Waals surface area contributed by atoms with Crippen LogP contribution in [-0.4, -0.2) is 33.9 Å². The van der Waals surface area contributed by atoms with Crippen molar-refractivity contribution in [2.24, 2.45) is 0 Å². The van der Waals surface area contributed by atoms with Gasteiger partial charge in [-0.05, 0) is 12.8 Å². The van der Waals surface area contributed by atoms with Gasteiger partial charge in [0.25, 0.3) is 5.91 Å². The molecule has 0 spiro atoms. The highest BCUT2D eigenvalue weighted by molar-refractivity contribution is 6.29. The number of amides is 1. The third-order valence-electron chi connectivity index (χ3n) is 3.17. The third-order valence-corrected chi connectivity index (χ3v) is 3.36. The summed E-state index contributed by atoms with van der Waals surface area (Å²) in [5.41, 5.74) is 0.338. The zero-order valence-corrected chi connectivity index (χ0v) is 13.2. The quantitative estimate of drug-likeness (QED) is 0.648. The third kappa shape index (κ3) is 5.87. The normalized spacial score (nSPS) is 10.6. The fourth-order valence-electron chi connectivity index (χ4n) is 2.03. The second kappa shape index (κ2) is 9.70. The first-order valence-corrected chi connectivity index (χ1v) is 7.83. The van der Waals surface area contributed by atoms with Gasteiger partial charge in [-0.2, -0.15) is 0 Å². The Morgan fingerprint density at radius 3 is 2.20 bits per heavy atom. The van der Waals surface area contributed by atoms with E-state index >= 15 is 0 Å². The van der Waals surface area contributed by atoms with Crippen molar-refractivity contribution in [3.8, 4) is 0 Å². The second-order valence-corrected chi connectivity index (χ2v) is 5.32. The molecular formula is C15H24ClN3O. The van der Waals surface area contributed by atoms with Crippen LogP contribution in [0.15, 0.2) is 12.4 Å². The first-order valence-electron chi connectivity index (χ1n) is 7.45. The van der Waals surface area contributed by atoms with E-state index in [4.69, 9.17) is 11.6 Å². The Morgan fingerprint density at radius 2 is 1.70 bits per heavy atom. The van der Waals surface area contributed by atoms with Crippen LogP contribution in [0.4, 0.5) is 0 Å². The highest BCUT2D eigenvalue weighted by Gasteiger charge is 2.17. The van der Waals surface area contributed by atoms with Crippen LogP contribution < -0.4 is 0 Å². The molecule has 5 heteroatoms. The molecule has 0 aliphatic carbocycles. The number of hydrogen-bond donors (Lipinski definition) is 0. The van der Waals surface area contributed by atoms with E-state index in [0.29, 0.717) is 5.69 Å². The monoisotopic (exact) mass is 297 g/mol. The summed E-state index contributed by atoms with van der Waals surface area (Å²) >= 11 is 5.80. The van der Waals surface area contributed by atoms with Crippen molar-refractivity contribution in [1.29, 1.82) is 0 Å². The molecule has 0 saturated heterocycles. The Labute approximate surface area is 126 Å². The van der Waals surface area contributed by atoms with Gasteiger partial charge in [0, 0.05) is 13.1 Å². The number of nitrogens with zero attached hydrogens (tertiary/aromatic N) is 3. The molecule has 0 radical (unpaired) electrons. The number of halogens is 1. The van der Waals surface area contributed by atoms with E-state index in [9.17, 15) is 4.79 Å². The minimum absolute atomic E-state index is 0.0628. The maximum atomic E-state index is 12.5. The van der Waals surface area contributed by atoms with Gasteiger partial charge in [0.15, 0.2) is 0 Å². The van der Waals surface area contributed by atoms with E-state index in [2.05, 4.69) is 23.8 Å². The Balaban J connectivity index is 2.66. The summed E-state index contributed by atoms with van der Waals surface area (Å²) in [6, 6.07) is 0. The van der Waals surface area contributed by atoms with Crippen LogP contribution in [0.25, 0.3) is 0 Å². The molecule has 0 aliphatic heterocycles. The van der Waals surface area contributed by atoms with Crippen molar-refractivity contribution >= 4 is 17.5 Å². The van der Waals surface area contributed by atoms with Crippen molar-refractivity contribution < 1.29 is 4.79 Å². The Kier molecular flexibility index (Phi) is 8.19. The van der Waals surface area contributed by atoms with E-state index in [1.54, 1.807) is 0 Å². The molecule has 0 atom stereocenters. The SMILES string of the molecule is CCCCCN(CCCCC)C(=O)c1cncc(Cl)n1. The lowest BCUT2D eigenvalue weighted by Gasteiger charge is -2.22. The highest BCUT2D eigenvalue weighted by Crippen LogP contribution is 2.09. The Bertz CT molecular complexity index is 402. The van der Waals surface area contributed by atoms with Crippen LogP contribution in [0.3, 0.4) is 0 Å². The molecule has 0 saturated carbocycles. The average Bonchev–Trinajstić information content (AvgIpc) is 2.45. The summed E-state index contributed by atoms with van der Waals surface area (Å²) in [5.74, 6) is -0.0628. The van der Waals surface area contributed by atoms with Gasteiger partial charge >= 0.3 is 0 Å². The van der Waals surface area contributed by atoms with Gasteiger partial charge in [0.2, 0.25) is 0 Å². The molecule has 0 aliphatic rings. The van der Waals surface area contributed by atoms with Crippen LogP contribution in [0, 0.1) is 0 Å². The van der Waals surface area contributed by atoms with E-state index in [1.807, 2.05) is 4.90 Å². The second-order valence-electron chi connectivity index (χ2n) is 4.93. The molecule has 0 bridgehead atoms. The molecule has 20 heavy (non-hydrogen) atoms. The summed E-state index contributed by atoms with van der Waals surface area (Å²) in [7, 11) is 0. The molecule has 1 rings (SSSR count). The van der Waals surface area contributed by atoms with E-state index in [-0.39, 0.29) is 11.1 Å². The molecule has 0 fully saturated rings. The maximum absolute atomic E-state index is 12.5. The van der Waals surface area contributed by atoms with Crippen molar-refractivity contribution in [3.05, 3.63) is 23.2 Å². The van der Waals surface area contributed by atoms with Gasteiger partial charge in [-0.25, -0.2) is 4.98 Å². The minimum atomic E-state index is -0.0628. The Morgan fingerprint density at radius 1 is 1.10 bits per heavy atom. The predicted octanol–water partition coefficient (Wildman–Crippen LogP) is 3.95. The predicted molar refractivity (Wildman–Crippen MR) is 82.0 cm³/mol. The largest absolute Gasteiger partial charge is 0.337 e. The summed E-state index contributed by atoms with van der Waals surface area (Å²) < 4.78 is 0. The number of hydrogen-bond acceptors (Lipinski definition) is 3. The minimum Gasteiger partial charge on any atom is -0.337 e. The summed E-state index contributed by atoms with van der Waals surface area (Å²) in [4.78, 5) is 22.3. The lowest BCUT2D eigenvalue weighted by atomic mass is 10.2. The van der Waals surface area contributed by atoms with Gasteiger partial charge < -0.3 is 4.90 Å². The van der Waals surface area contributed by atoms with Crippen molar-refractivity contribution in [2.45, 2.75) is 52.4 Å². The highest BCUT2D eigenvalue weighted by atomic mass is 35.5. The molecule has 4 nitrogen and oxygen atoms in total. The van der Waals surface area contributed by atoms with Gasteiger partial charge in [-0.1, -0.05) is 51.1 Å². The van der Waals surface area contributed by atoms with Gasteiger partial charge in [0.05, 0.1) is 12.4 Å². The van der Waals surface area contributed by atoms with Crippen molar-refractivity contribution in [3.63, 3.8) is 0 Å². The first kappa shape index (κ1) is 16.9. The fourth-order valence-corrected chi connectivity index (χ4v) is 2.17. The molecule has 1 aromatic rings. The number of carbonyl (C=O) groups is 1. The molecule has 1 amide bonds. The van der Waals surface area contributed by atoms with Gasteiger partial charge in [-0.3, -0.25) is 9.78 Å². The number of carbonyl (C=O) groups excluding carboxylic acids is 1. The zero-order chi connectivity index (χ0) is 14.8. The summed E-state index contributed by atoms with van der Waals surface area (Å²) in [6.07, 6.45) is 9.56. The van der Waals surface area contributed by atoms with E-state index < -0.39 is 0 Å².